The van der Waals surface area contributed by atoms with E-state index >= 15 is 0 Å². The summed E-state index contributed by atoms with van der Waals surface area (Å²) in [6.07, 6.45) is 2.15. The minimum Gasteiger partial charge on any atom is -0.258 e. The monoisotopic (exact) mass is 436 g/mol. The zero-order chi connectivity index (χ0) is 22.4. The molecule has 0 aliphatic heterocycles. The molecule has 0 heterocycles. The van der Waals surface area contributed by atoms with E-state index in [1.54, 1.807) is 13.0 Å². The highest BCUT2D eigenvalue weighted by atomic mass is 32.2. The fourth-order valence-electron chi connectivity index (χ4n) is 3.48. The number of nitro benzene ring substituents is 1. The molecular weight excluding hydrogens is 411 g/mol. The third kappa shape index (κ3) is 6.16. The Hall–Kier alpha value is -2.68. The summed E-state index contributed by atoms with van der Waals surface area (Å²) in [6, 6.07) is 9.21. The first-order valence-corrected chi connectivity index (χ1v) is 11.3. The van der Waals surface area contributed by atoms with Gasteiger partial charge in [-0.05, 0) is 42.2 Å². The number of benzene rings is 2. The Labute approximate surface area is 175 Å². The van der Waals surface area contributed by atoms with Gasteiger partial charge in [-0.15, -0.1) is 0 Å². The van der Waals surface area contributed by atoms with E-state index in [4.69, 9.17) is 0 Å². The van der Waals surface area contributed by atoms with Crippen molar-refractivity contribution in [2.75, 3.05) is 12.3 Å². The minimum atomic E-state index is -3.86. The molecule has 0 fully saturated rings. The highest BCUT2D eigenvalue weighted by molar-refractivity contribution is 7.91. The molecule has 0 aromatic heterocycles. The summed E-state index contributed by atoms with van der Waals surface area (Å²) < 4.78 is 40.3. The molecule has 2 aromatic rings. The van der Waals surface area contributed by atoms with Crippen molar-refractivity contribution in [3.63, 3.8) is 0 Å². The Kier molecular flexibility index (Phi) is 7.77. The Morgan fingerprint density at radius 1 is 1.20 bits per heavy atom. The topological polar surface area (TPSA) is 107 Å². The summed E-state index contributed by atoms with van der Waals surface area (Å²) in [5.41, 5.74) is -0.243. The standard InChI is InChI=1S/C21H25FN2O5S/c1-3-4-10-21(2,14-23-25)15-30(28,29)20-9-8-18(22)13-17(20)11-16-6-5-7-19(12-16)24(26)27/h5-9,12-13H,3-4,10-11,14-15H2,1-2H3/t21-/m0/s1. The summed E-state index contributed by atoms with van der Waals surface area (Å²) in [6.45, 7) is 3.55. The minimum absolute atomic E-state index is 0.0195. The number of non-ortho nitro benzene ring substituents is 1. The van der Waals surface area contributed by atoms with Crippen molar-refractivity contribution < 1.29 is 17.7 Å². The van der Waals surface area contributed by atoms with Gasteiger partial charge in [-0.2, -0.15) is 4.91 Å². The number of sulfone groups is 1. The highest BCUT2D eigenvalue weighted by Gasteiger charge is 2.33. The van der Waals surface area contributed by atoms with Crippen molar-refractivity contribution in [2.24, 2.45) is 10.6 Å². The number of rotatable bonds is 11. The number of unbranched alkanes of at least 4 members (excludes halogenated alkanes) is 1. The number of hydrogen-bond acceptors (Lipinski definition) is 6. The molecule has 0 amide bonds. The van der Waals surface area contributed by atoms with Gasteiger partial charge in [0.2, 0.25) is 0 Å². The predicted molar refractivity (Wildman–Crippen MR) is 113 cm³/mol. The van der Waals surface area contributed by atoms with Gasteiger partial charge in [0.25, 0.3) is 5.69 Å². The number of nitrogens with zero attached hydrogens (tertiary/aromatic N) is 2. The molecule has 0 spiro atoms. The van der Waals surface area contributed by atoms with Crippen LogP contribution in [0.4, 0.5) is 10.1 Å². The Balaban J connectivity index is 2.42. The molecule has 2 rings (SSSR count). The number of halogens is 1. The Morgan fingerprint density at radius 3 is 2.57 bits per heavy atom. The van der Waals surface area contributed by atoms with Crippen molar-refractivity contribution in [1.82, 2.24) is 0 Å². The normalized spacial score (nSPS) is 13.6. The van der Waals surface area contributed by atoms with Crippen LogP contribution in [0.2, 0.25) is 0 Å². The first kappa shape index (κ1) is 23.6. The van der Waals surface area contributed by atoms with E-state index in [-0.39, 0.29) is 34.9 Å². The average Bonchev–Trinajstić information content (AvgIpc) is 2.66. The molecule has 0 N–H and O–H groups in total. The van der Waals surface area contributed by atoms with Crippen LogP contribution >= 0.6 is 0 Å². The smallest absolute Gasteiger partial charge is 0.258 e. The van der Waals surface area contributed by atoms with Crippen molar-refractivity contribution in [1.29, 1.82) is 0 Å². The van der Waals surface area contributed by atoms with Crippen molar-refractivity contribution in [3.8, 4) is 0 Å². The average molecular weight is 437 g/mol. The van der Waals surface area contributed by atoms with Gasteiger partial charge >= 0.3 is 0 Å². The molecule has 7 nitrogen and oxygen atoms in total. The molecule has 1 atom stereocenters. The van der Waals surface area contributed by atoms with E-state index in [0.29, 0.717) is 12.0 Å². The molecular formula is C21H25FN2O5S. The second-order valence-corrected chi connectivity index (χ2v) is 9.77. The molecule has 162 valence electrons. The first-order chi connectivity index (χ1) is 14.1. The molecule has 2 aromatic carbocycles. The van der Waals surface area contributed by atoms with Crippen LogP contribution in [0.3, 0.4) is 0 Å². The first-order valence-electron chi connectivity index (χ1n) is 9.64. The van der Waals surface area contributed by atoms with E-state index in [1.807, 2.05) is 6.92 Å². The molecule has 0 radical (unpaired) electrons. The summed E-state index contributed by atoms with van der Waals surface area (Å²) >= 11 is 0. The van der Waals surface area contributed by atoms with Gasteiger partial charge in [0.05, 0.1) is 22.1 Å². The number of hydrogen-bond donors (Lipinski definition) is 0. The van der Waals surface area contributed by atoms with E-state index < -0.39 is 26.0 Å². The number of nitroso groups, excluding NO2 is 1. The third-order valence-corrected chi connectivity index (χ3v) is 7.14. The molecule has 0 saturated heterocycles. The van der Waals surface area contributed by atoms with Gasteiger partial charge in [-0.3, -0.25) is 10.1 Å². The molecule has 9 heteroatoms. The maximum Gasteiger partial charge on any atom is 0.269 e. The lowest BCUT2D eigenvalue weighted by Crippen LogP contribution is -2.30. The van der Waals surface area contributed by atoms with Crippen molar-refractivity contribution in [2.45, 2.75) is 44.4 Å². The van der Waals surface area contributed by atoms with Gasteiger partial charge in [0, 0.05) is 17.5 Å². The van der Waals surface area contributed by atoms with Crippen LogP contribution in [0, 0.1) is 26.3 Å². The molecule has 0 bridgehead atoms. The lowest BCUT2D eigenvalue weighted by Gasteiger charge is -2.26. The van der Waals surface area contributed by atoms with Crippen LogP contribution in [-0.4, -0.2) is 25.6 Å². The van der Waals surface area contributed by atoms with Crippen molar-refractivity contribution in [3.05, 3.63) is 74.4 Å². The van der Waals surface area contributed by atoms with Gasteiger partial charge < -0.3 is 0 Å². The molecule has 0 saturated carbocycles. The zero-order valence-electron chi connectivity index (χ0n) is 17.0. The van der Waals surface area contributed by atoms with Crippen LogP contribution < -0.4 is 0 Å². The summed E-state index contributed by atoms with van der Waals surface area (Å²) in [4.78, 5) is 21.3. The van der Waals surface area contributed by atoms with Crippen LogP contribution in [0.1, 0.15) is 44.2 Å². The molecule has 30 heavy (non-hydrogen) atoms. The third-order valence-electron chi connectivity index (χ3n) is 4.99. The maximum absolute atomic E-state index is 13.9. The summed E-state index contributed by atoms with van der Waals surface area (Å²) in [7, 11) is -3.86. The lowest BCUT2D eigenvalue weighted by atomic mass is 9.87. The van der Waals surface area contributed by atoms with Gasteiger partial charge in [0.15, 0.2) is 9.84 Å². The van der Waals surface area contributed by atoms with Gasteiger partial charge in [0.1, 0.15) is 5.82 Å². The largest absolute Gasteiger partial charge is 0.269 e. The predicted octanol–water partition coefficient (Wildman–Crippen LogP) is 5.06. The second-order valence-electron chi connectivity index (χ2n) is 7.82. The highest BCUT2D eigenvalue weighted by Crippen LogP contribution is 2.32. The van der Waals surface area contributed by atoms with E-state index in [2.05, 4.69) is 5.18 Å². The van der Waals surface area contributed by atoms with E-state index in [1.165, 1.54) is 24.3 Å². The number of nitro groups is 1. The fraction of sp³-hybridized carbons (Fsp3) is 0.429. The van der Waals surface area contributed by atoms with Crippen molar-refractivity contribution >= 4 is 15.5 Å². The SMILES string of the molecule is CCCC[C@@](C)(CN=O)CS(=O)(=O)c1ccc(F)cc1Cc1cccc([N+](=O)[O-])c1. The molecule has 0 aliphatic rings. The maximum atomic E-state index is 13.9. The molecule has 0 unspecified atom stereocenters. The molecule has 0 aliphatic carbocycles. The van der Waals surface area contributed by atoms with Crippen LogP contribution in [-0.2, 0) is 16.3 Å². The van der Waals surface area contributed by atoms with E-state index in [0.717, 1.165) is 25.0 Å². The lowest BCUT2D eigenvalue weighted by molar-refractivity contribution is -0.384. The Morgan fingerprint density at radius 2 is 1.93 bits per heavy atom. The van der Waals surface area contributed by atoms with Crippen LogP contribution in [0.15, 0.2) is 52.5 Å². The van der Waals surface area contributed by atoms with E-state index in [9.17, 15) is 27.8 Å². The summed E-state index contributed by atoms with van der Waals surface area (Å²) in [5, 5.41) is 13.9. The second kappa shape index (κ2) is 9.88. The Bertz CT molecular complexity index is 1030. The quantitative estimate of drug-likeness (QED) is 0.212. The zero-order valence-corrected chi connectivity index (χ0v) is 17.8. The van der Waals surface area contributed by atoms with Gasteiger partial charge in [-0.1, -0.05) is 44.0 Å². The van der Waals surface area contributed by atoms with Gasteiger partial charge in [-0.25, -0.2) is 12.8 Å². The fourth-order valence-corrected chi connectivity index (χ4v) is 5.60. The summed E-state index contributed by atoms with van der Waals surface area (Å²) in [5.74, 6) is -0.892. The van der Waals surface area contributed by atoms with Crippen LogP contribution in [0.5, 0.6) is 0 Å². The van der Waals surface area contributed by atoms with Crippen LogP contribution in [0.25, 0.3) is 0 Å².